The summed E-state index contributed by atoms with van der Waals surface area (Å²) in [5.41, 5.74) is 1.03. The zero-order valence-electron chi connectivity index (χ0n) is 18.5. The van der Waals surface area contributed by atoms with Crippen molar-refractivity contribution in [2.45, 2.75) is 57.3 Å². The van der Waals surface area contributed by atoms with E-state index in [9.17, 15) is 9.59 Å². The van der Waals surface area contributed by atoms with Crippen LogP contribution in [-0.4, -0.2) is 25.4 Å². The van der Waals surface area contributed by atoms with E-state index in [1.54, 1.807) is 36.9 Å². The van der Waals surface area contributed by atoms with Gasteiger partial charge in [-0.2, -0.15) is 0 Å². The highest BCUT2D eigenvalue weighted by molar-refractivity contribution is 7.98. The van der Waals surface area contributed by atoms with E-state index in [0.29, 0.717) is 39.9 Å². The Morgan fingerprint density at radius 3 is 2.52 bits per heavy atom. The van der Waals surface area contributed by atoms with Crippen LogP contribution < -0.4 is 10.2 Å². The molecule has 0 unspecified atom stereocenters. The minimum absolute atomic E-state index is 0.178. The molecule has 0 aliphatic carbocycles. The van der Waals surface area contributed by atoms with E-state index in [-0.39, 0.29) is 12.0 Å². The van der Waals surface area contributed by atoms with Gasteiger partial charge in [0.2, 0.25) is 5.43 Å². The van der Waals surface area contributed by atoms with Gasteiger partial charge in [-0.1, -0.05) is 39.0 Å². The van der Waals surface area contributed by atoms with E-state index in [0.717, 1.165) is 17.7 Å². The number of thioether (sulfide) groups is 1. The summed E-state index contributed by atoms with van der Waals surface area (Å²) in [5, 5.41) is 0.816. The van der Waals surface area contributed by atoms with E-state index < -0.39 is 5.97 Å². The Balaban J connectivity index is 1.92. The summed E-state index contributed by atoms with van der Waals surface area (Å²) < 4.78 is 17.2. The fourth-order valence-electron chi connectivity index (χ4n) is 3.53. The largest absolute Gasteiger partial charge is 0.490 e. The van der Waals surface area contributed by atoms with E-state index in [1.165, 1.54) is 25.7 Å². The van der Waals surface area contributed by atoms with Crippen LogP contribution in [0.2, 0.25) is 0 Å². The number of rotatable bonds is 11. The van der Waals surface area contributed by atoms with Crippen molar-refractivity contribution in [3.8, 4) is 5.75 Å². The normalized spacial score (nSPS) is 11.2. The van der Waals surface area contributed by atoms with Crippen LogP contribution in [0.25, 0.3) is 21.9 Å². The van der Waals surface area contributed by atoms with Crippen LogP contribution in [0.3, 0.4) is 0 Å². The molecule has 0 saturated heterocycles. The average Bonchev–Trinajstić information content (AvgIpc) is 2.78. The number of ether oxygens (including phenoxy) is 2. The zero-order valence-corrected chi connectivity index (χ0v) is 19.3. The molecule has 0 aliphatic rings. The summed E-state index contributed by atoms with van der Waals surface area (Å²) in [6, 6.07) is 8.54. The van der Waals surface area contributed by atoms with E-state index in [4.69, 9.17) is 13.9 Å². The lowest BCUT2D eigenvalue weighted by molar-refractivity contribution is 0.0526. The Bertz CT molecular complexity index is 1100. The summed E-state index contributed by atoms with van der Waals surface area (Å²) in [6.45, 7) is 4.82. The fraction of sp³-hybridized carbons (Fsp3) is 0.440. The van der Waals surface area contributed by atoms with Crippen molar-refractivity contribution in [1.82, 2.24) is 0 Å². The maximum absolute atomic E-state index is 13.2. The summed E-state index contributed by atoms with van der Waals surface area (Å²) in [5.74, 6) is 0.133. The van der Waals surface area contributed by atoms with Gasteiger partial charge in [-0.05, 0) is 49.9 Å². The number of unbranched alkanes of at least 4 members (excludes halogenated alkanes) is 5. The highest BCUT2D eigenvalue weighted by Crippen LogP contribution is 2.32. The molecule has 0 N–H and O–H groups in total. The van der Waals surface area contributed by atoms with Gasteiger partial charge < -0.3 is 13.9 Å². The third-order valence-electron chi connectivity index (χ3n) is 5.21. The lowest BCUT2D eigenvalue weighted by atomic mass is 10.1. The summed E-state index contributed by atoms with van der Waals surface area (Å²) in [6.07, 6.45) is 9.04. The van der Waals surface area contributed by atoms with Crippen LogP contribution in [-0.2, 0) is 4.74 Å². The standard InChI is InChI=1S/C25H30O5S/c1-4-6-7-8-9-10-13-29-22-16-18(31-3)15-20-23(26)19-14-17(25(27)28-5-2)11-12-21(19)30-24(20)22/h11-12,14-16H,4-10,13H2,1-3H3. The van der Waals surface area contributed by atoms with Gasteiger partial charge in [0.15, 0.2) is 11.3 Å². The maximum atomic E-state index is 13.2. The maximum Gasteiger partial charge on any atom is 0.338 e. The Morgan fingerprint density at radius 1 is 1.00 bits per heavy atom. The molecule has 6 heteroatoms. The van der Waals surface area contributed by atoms with Crippen molar-refractivity contribution in [2.24, 2.45) is 0 Å². The van der Waals surface area contributed by atoms with Crippen molar-refractivity contribution < 1.29 is 18.7 Å². The molecule has 3 rings (SSSR count). The minimum atomic E-state index is -0.454. The van der Waals surface area contributed by atoms with Crippen molar-refractivity contribution in [2.75, 3.05) is 19.5 Å². The predicted molar refractivity (Wildman–Crippen MR) is 127 cm³/mol. The first-order valence-corrected chi connectivity index (χ1v) is 12.2. The summed E-state index contributed by atoms with van der Waals surface area (Å²) in [7, 11) is 0. The molecule has 0 saturated carbocycles. The van der Waals surface area contributed by atoms with E-state index in [2.05, 4.69) is 6.92 Å². The SMILES string of the molecule is CCCCCCCCOc1cc(SC)cc2c(=O)c3cc(C(=O)OCC)ccc3oc12. The number of hydrogen-bond donors (Lipinski definition) is 0. The van der Waals surface area contributed by atoms with Gasteiger partial charge in [-0.3, -0.25) is 4.79 Å². The first kappa shape index (κ1) is 23.2. The van der Waals surface area contributed by atoms with Crippen molar-refractivity contribution in [1.29, 1.82) is 0 Å². The molecular formula is C25H30O5S. The van der Waals surface area contributed by atoms with Crippen LogP contribution in [0.5, 0.6) is 5.75 Å². The fourth-order valence-corrected chi connectivity index (χ4v) is 3.99. The van der Waals surface area contributed by atoms with Crippen LogP contribution in [0.4, 0.5) is 0 Å². The Morgan fingerprint density at radius 2 is 1.77 bits per heavy atom. The number of carbonyl (C=O) groups excluding carboxylic acids is 1. The van der Waals surface area contributed by atoms with Crippen molar-refractivity contribution in [3.63, 3.8) is 0 Å². The van der Waals surface area contributed by atoms with Gasteiger partial charge >= 0.3 is 5.97 Å². The van der Waals surface area contributed by atoms with Gasteiger partial charge in [0.1, 0.15) is 5.58 Å². The second kappa shape index (κ2) is 11.2. The quantitative estimate of drug-likeness (QED) is 0.145. The zero-order chi connectivity index (χ0) is 22.2. The van der Waals surface area contributed by atoms with E-state index in [1.807, 2.05) is 18.4 Å². The average molecular weight is 443 g/mol. The molecule has 5 nitrogen and oxygen atoms in total. The number of benzene rings is 2. The molecule has 0 amide bonds. The van der Waals surface area contributed by atoms with Crippen LogP contribution in [0, 0.1) is 0 Å². The van der Waals surface area contributed by atoms with Gasteiger partial charge in [-0.15, -0.1) is 11.8 Å². The molecule has 0 fully saturated rings. The molecular weight excluding hydrogens is 412 g/mol. The van der Waals surface area contributed by atoms with Gasteiger partial charge in [0.05, 0.1) is 29.5 Å². The topological polar surface area (TPSA) is 65.7 Å². The Kier molecular flexibility index (Phi) is 8.41. The van der Waals surface area contributed by atoms with Gasteiger partial charge in [0.25, 0.3) is 0 Å². The molecule has 1 heterocycles. The molecule has 0 radical (unpaired) electrons. The lowest BCUT2D eigenvalue weighted by Crippen LogP contribution is -2.08. The molecule has 0 bridgehead atoms. The van der Waals surface area contributed by atoms with Gasteiger partial charge in [0, 0.05) is 4.90 Å². The minimum Gasteiger partial charge on any atom is -0.490 e. The van der Waals surface area contributed by atoms with Gasteiger partial charge in [-0.25, -0.2) is 4.79 Å². The Labute approximate surface area is 187 Å². The molecule has 2 aromatic carbocycles. The summed E-state index contributed by atoms with van der Waals surface area (Å²) in [4.78, 5) is 26.2. The highest BCUT2D eigenvalue weighted by atomic mass is 32.2. The third kappa shape index (κ3) is 5.62. The number of carbonyl (C=O) groups is 1. The summed E-state index contributed by atoms with van der Waals surface area (Å²) >= 11 is 1.54. The number of hydrogen-bond acceptors (Lipinski definition) is 6. The molecule has 3 aromatic rings. The highest BCUT2D eigenvalue weighted by Gasteiger charge is 2.16. The number of fused-ring (bicyclic) bond motifs is 2. The molecule has 1 aromatic heterocycles. The molecule has 31 heavy (non-hydrogen) atoms. The first-order chi connectivity index (χ1) is 15.1. The van der Waals surface area contributed by atoms with E-state index >= 15 is 0 Å². The first-order valence-electron chi connectivity index (χ1n) is 11.0. The van der Waals surface area contributed by atoms with Crippen molar-refractivity contribution >= 4 is 39.7 Å². The smallest absolute Gasteiger partial charge is 0.338 e. The van der Waals surface area contributed by atoms with Crippen molar-refractivity contribution in [3.05, 3.63) is 46.1 Å². The molecule has 0 spiro atoms. The molecule has 0 atom stereocenters. The number of esters is 1. The van der Waals surface area contributed by atoms with Crippen LogP contribution >= 0.6 is 11.8 Å². The lowest BCUT2D eigenvalue weighted by Gasteiger charge is -2.11. The third-order valence-corrected chi connectivity index (χ3v) is 5.92. The second-order valence-corrected chi connectivity index (χ2v) is 8.36. The molecule has 0 aliphatic heterocycles. The van der Waals surface area contributed by atoms with Crippen LogP contribution in [0.1, 0.15) is 62.7 Å². The monoisotopic (exact) mass is 442 g/mol. The van der Waals surface area contributed by atoms with Crippen LogP contribution in [0.15, 0.2) is 44.4 Å². The molecule has 166 valence electrons. The predicted octanol–water partition coefficient (Wildman–Crippen LogP) is 6.58. The second-order valence-electron chi connectivity index (χ2n) is 7.48. The Hall–Kier alpha value is -2.47.